The lowest BCUT2D eigenvalue weighted by atomic mass is 10.0. The highest BCUT2D eigenvalue weighted by atomic mass is 16.3. The SMILES string of the molecule is c1ccc(-c2ccc3oc4c(-c5nc6ccccc6n5-c5ccccc5-c5ccccc5)cc(-n5c6ccccc6c6cc7c8ccccc8n(-c8nc9ccccc9n8-c8ccccc8-c8ccccc8)c7cc65)cc4c3c2)cc1. The molecule has 17 aromatic rings. The number of benzene rings is 12. The minimum Gasteiger partial charge on any atom is -0.455 e. The molecule has 0 fully saturated rings. The van der Waals surface area contributed by atoms with E-state index in [0.717, 1.165) is 155 Å². The second-order valence-corrected chi connectivity index (χ2v) is 20.9. The molecule has 0 aliphatic rings. The van der Waals surface area contributed by atoms with Gasteiger partial charge in [-0.1, -0.05) is 194 Å². The third-order valence-electron chi connectivity index (χ3n) is 16.4. The summed E-state index contributed by atoms with van der Waals surface area (Å²) in [6.07, 6.45) is 0. The molecule has 378 valence electrons. The summed E-state index contributed by atoms with van der Waals surface area (Å²) in [4.78, 5) is 11.2. The van der Waals surface area contributed by atoms with Gasteiger partial charge in [0.25, 0.3) is 0 Å². The average Bonchev–Trinajstić information content (AvgIpc) is 4.51. The van der Waals surface area contributed by atoms with Crippen molar-refractivity contribution in [2.75, 3.05) is 0 Å². The molecule has 0 atom stereocenters. The largest absolute Gasteiger partial charge is 0.455 e. The molecule has 0 radical (unpaired) electrons. The molecule has 5 aromatic heterocycles. The van der Waals surface area contributed by atoms with Crippen molar-refractivity contribution < 1.29 is 4.42 Å². The number of aromatic nitrogens is 6. The minimum absolute atomic E-state index is 0.769. The Morgan fingerprint density at radius 1 is 0.272 bits per heavy atom. The van der Waals surface area contributed by atoms with Crippen molar-refractivity contribution in [1.29, 1.82) is 0 Å². The summed E-state index contributed by atoms with van der Waals surface area (Å²) >= 11 is 0. The molecule has 0 amide bonds. The molecule has 0 bridgehead atoms. The van der Waals surface area contributed by atoms with E-state index in [1.807, 2.05) is 0 Å². The van der Waals surface area contributed by atoms with Gasteiger partial charge in [-0.3, -0.25) is 13.7 Å². The van der Waals surface area contributed by atoms with E-state index < -0.39 is 0 Å². The van der Waals surface area contributed by atoms with Crippen molar-refractivity contribution in [2.24, 2.45) is 0 Å². The Kier molecular flexibility index (Phi) is 9.88. The van der Waals surface area contributed by atoms with Crippen LogP contribution in [-0.2, 0) is 0 Å². The Labute approximate surface area is 464 Å². The predicted molar refractivity (Wildman–Crippen MR) is 333 cm³/mol. The lowest BCUT2D eigenvalue weighted by Gasteiger charge is -2.17. The fourth-order valence-corrected chi connectivity index (χ4v) is 12.8. The van der Waals surface area contributed by atoms with E-state index in [-0.39, 0.29) is 0 Å². The first-order valence-corrected chi connectivity index (χ1v) is 27.5. The zero-order valence-electron chi connectivity index (χ0n) is 43.6. The number of nitrogens with zero attached hydrogens (tertiary/aromatic N) is 6. The molecular formula is C74H46N6O. The number of hydrogen-bond donors (Lipinski definition) is 0. The first-order chi connectivity index (χ1) is 40.2. The van der Waals surface area contributed by atoms with Crippen LogP contribution in [0.3, 0.4) is 0 Å². The molecule has 0 aliphatic heterocycles. The van der Waals surface area contributed by atoms with Gasteiger partial charge in [-0.15, -0.1) is 0 Å². The smallest absolute Gasteiger partial charge is 0.220 e. The molecule has 12 aromatic carbocycles. The summed E-state index contributed by atoms with van der Waals surface area (Å²) in [6, 6.07) is 99.7. The van der Waals surface area contributed by atoms with Gasteiger partial charge in [-0.05, 0) is 107 Å². The maximum atomic E-state index is 7.17. The van der Waals surface area contributed by atoms with Crippen LogP contribution in [-0.4, -0.2) is 28.2 Å². The number of rotatable bonds is 8. The number of imidazole rings is 2. The van der Waals surface area contributed by atoms with Crippen molar-refractivity contribution in [1.82, 2.24) is 28.2 Å². The van der Waals surface area contributed by atoms with Crippen molar-refractivity contribution >= 4 is 87.6 Å². The lowest BCUT2D eigenvalue weighted by Crippen LogP contribution is -2.06. The van der Waals surface area contributed by atoms with Crippen LogP contribution < -0.4 is 0 Å². The van der Waals surface area contributed by atoms with E-state index in [2.05, 4.69) is 297 Å². The number of furan rings is 1. The summed E-state index contributed by atoms with van der Waals surface area (Å²) in [7, 11) is 0. The van der Waals surface area contributed by atoms with E-state index in [1.165, 1.54) is 0 Å². The fraction of sp³-hybridized carbons (Fsp3) is 0. The van der Waals surface area contributed by atoms with E-state index in [9.17, 15) is 0 Å². The molecule has 5 heterocycles. The highest BCUT2D eigenvalue weighted by Crippen LogP contribution is 2.46. The van der Waals surface area contributed by atoms with Gasteiger partial charge in [-0.25, -0.2) is 9.97 Å². The Hall–Kier alpha value is -11.0. The predicted octanol–water partition coefficient (Wildman–Crippen LogP) is 19.1. The molecule has 0 N–H and O–H groups in total. The molecule has 17 rings (SSSR count). The van der Waals surface area contributed by atoms with Crippen LogP contribution in [0.4, 0.5) is 0 Å². The summed E-state index contributed by atoms with van der Waals surface area (Å²) in [5.41, 5.74) is 20.4. The Balaban J connectivity index is 0.983. The van der Waals surface area contributed by atoms with Crippen LogP contribution in [0.1, 0.15) is 0 Å². The minimum atomic E-state index is 0.769. The van der Waals surface area contributed by atoms with Gasteiger partial charge in [0.2, 0.25) is 5.95 Å². The van der Waals surface area contributed by atoms with Gasteiger partial charge < -0.3 is 8.98 Å². The van der Waals surface area contributed by atoms with Crippen LogP contribution in [0.5, 0.6) is 0 Å². The molecule has 0 spiro atoms. The van der Waals surface area contributed by atoms with Crippen molar-refractivity contribution in [2.45, 2.75) is 0 Å². The van der Waals surface area contributed by atoms with E-state index in [4.69, 9.17) is 14.4 Å². The molecular weight excluding hydrogens is 989 g/mol. The molecule has 0 unspecified atom stereocenters. The maximum Gasteiger partial charge on any atom is 0.220 e. The van der Waals surface area contributed by atoms with E-state index in [0.29, 0.717) is 0 Å². The van der Waals surface area contributed by atoms with Crippen molar-refractivity contribution in [3.63, 3.8) is 0 Å². The van der Waals surface area contributed by atoms with Crippen LogP contribution in [0.25, 0.3) is 155 Å². The topological polar surface area (TPSA) is 58.6 Å². The zero-order chi connectivity index (χ0) is 53.1. The summed E-state index contributed by atoms with van der Waals surface area (Å²) in [5, 5.41) is 6.63. The first kappa shape index (κ1) is 45.0. The third-order valence-corrected chi connectivity index (χ3v) is 16.4. The molecule has 7 heteroatoms. The van der Waals surface area contributed by atoms with Gasteiger partial charge in [0.05, 0.1) is 61.1 Å². The highest BCUT2D eigenvalue weighted by Gasteiger charge is 2.27. The van der Waals surface area contributed by atoms with Crippen LogP contribution in [0.15, 0.2) is 283 Å². The van der Waals surface area contributed by atoms with E-state index in [1.54, 1.807) is 0 Å². The van der Waals surface area contributed by atoms with Crippen molar-refractivity contribution in [3.05, 3.63) is 279 Å². The standard InChI is InChI=1S/C74H46N6O/c1-4-22-47(23-5-1)50-40-41-71-58(42-50)59-43-51(44-60(72(59)81-71)73-75-61-32-14-20-38-67(61)78(73)63-34-16-10-28-52(63)48-24-6-2-7-25-48)77-65-36-18-12-30-54(65)56-45-57-55-31-13-19-37-66(55)80(70(57)46-69(56)77)74-76-62-33-15-21-39-68(62)79(74)64-35-17-11-29-53(64)49-26-8-3-9-27-49/h1-46H. The zero-order valence-corrected chi connectivity index (χ0v) is 43.6. The van der Waals surface area contributed by atoms with E-state index >= 15 is 0 Å². The summed E-state index contributed by atoms with van der Waals surface area (Å²) < 4.78 is 16.7. The molecule has 81 heavy (non-hydrogen) atoms. The van der Waals surface area contributed by atoms with Crippen LogP contribution >= 0.6 is 0 Å². The number of para-hydroxylation sites is 8. The first-order valence-electron chi connectivity index (χ1n) is 27.5. The van der Waals surface area contributed by atoms with Crippen molar-refractivity contribution in [3.8, 4) is 67.8 Å². The normalized spacial score (nSPS) is 12.0. The number of fused-ring (bicyclic) bond motifs is 11. The second kappa shape index (κ2) is 17.8. The lowest BCUT2D eigenvalue weighted by molar-refractivity contribution is 0.669. The van der Waals surface area contributed by atoms with Gasteiger partial charge in [0.15, 0.2) is 0 Å². The number of hydrogen-bond acceptors (Lipinski definition) is 3. The monoisotopic (exact) mass is 1030 g/mol. The Bertz CT molecular complexity index is 5350. The molecule has 0 aliphatic carbocycles. The van der Waals surface area contributed by atoms with Gasteiger partial charge in [0.1, 0.15) is 17.0 Å². The average molecular weight is 1040 g/mol. The molecule has 7 nitrogen and oxygen atoms in total. The highest BCUT2D eigenvalue weighted by molar-refractivity contribution is 6.20. The van der Waals surface area contributed by atoms with Crippen LogP contribution in [0.2, 0.25) is 0 Å². The van der Waals surface area contributed by atoms with Gasteiger partial charge >= 0.3 is 0 Å². The summed E-state index contributed by atoms with van der Waals surface area (Å²) in [6.45, 7) is 0. The Morgan fingerprint density at radius 3 is 1.43 bits per heavy atom. The fourth-order valence-electron chi connectivity index (χ4n) is 12.8. The summed E-state index contributed by atoms with van der Waals surface area (Å²) in [5.74, 6) is 1.59. The molecule has 0 saturated heterocycles. The maximum absolute atomic E-state index is 7.17. The van der Waals surface area contributed by atoms with Crippen LogP contribution in [0, 0.1) is 0 Å². The Morgan fingerprint density at radius 2 is 0.778 bits per heavy atom. The quantitative estimate of drug-likeness (QED) is 0.152. The third kappa shape index (κ3) is 6.89. The second-order valence-electron chi connectivity index (χ2n) is 20.9. The van der Waals surface area contributed by atoms with Gasteiger partial charge in [0, 0.05) is 49.1 Å². The van der Waals surface area contributed by atoms with Gasteiger partial charge in [-0.2, -0.15) is 0 Å². The molecule has 0 saturated carbocycles.